The summed E-state index contributed by atoms with van der Waals surface area (Å²) in [5.41, 5.74) is 2.24. The number of fused-ring (bicyclic) bond motifs is 1. The Morgan fingerprint density at radius 2 is 2.33 bits per heavy atom. The number of aromatic nitrogens is 1. The van der Waals surface area contributed by atoms with Crippen molar-refractivity contribution in [3.05, 3.63) is 24.1 Å². The largest absolute Gasteiger partial charge is 0.441 e. The number of aryl methyl sites for hydroxylation is 1. The van der Waals surface area contributed by atoms with Gasteiger partial charge in [0.2, 0.25) is 5.91 Å². The number of nitrogens with zero attached hydrogens (tertiary/aromatic N) is 1. The van der Waals surface area contributed by atoms with Crippen LogP contribution in [0.25, 0.3) is 11.1 Å². The van der Waals surface area contributed by atoms with E-state index in [0.717, 1.165) is 23.2 Å². The lowest BCUT2D eigenvalue weighted by atomic mass is 10.2. The third kappa shape index (κ3) is 3.01. The second kappa shape index (κ2) is 5.87. The molecule has 96 valence electrons. The molecule has 18 heavy (non-hydrogen) atoms. The van der Waals surface area contributed by atoms with E-state index in [1.54, 1.807) is 0 Å². The highest BCUT2D eigenvalue weighted by Crippen LogP contribution is 2.20. The van der Waals surface area contributed by atoms with Crippen molar-refractivity contribution in [1.29, 1.82) is 0 Å². The van der Waals surface area contributed by atoms with E-state index < -0.39 is 0 Å². The van der Waals surface area contributed by atoms with E-state index in [4.69, 9.17) is 16.0 Å². The van der Waals surface area contributed by atoms with Crippen LogP contribution in [0.15, 0.2) is 22.6 Å². The van der Waals surface area contributed by atoms with E-state index in [9.17, 15) is 4.79 Å². The maximum atomic E-state index is 11.6. The highest BCUT2D eigenvalue weighted by Gasteiger charge is 2.06. The Kier molecular flexibility index (Phi) is 4.20. The van der Waals surface area contributed by atoms with E-state index >= 15 is 0 Å². The smallest absolute Gasteiger partial charge is 0.224 e. The predicted molar refractivity (Wildman–Crippen MR) is 72.0 cm³/mol. The van der Waals surface area contributed by atoms with Crippen LogP contribution in [0.3, 0.4) is 0 Å². The Hall–Kier alpha value is -1.55. The molecule has 0 spiro atoms. The van der Waals surface area contributed by atoms with Gasteiger partial charge in [-0.3, -0.25) is 4.79 Å². The molecule has 0 saturated carbocycles. The first kappa shape index (κ1) is 12.9. The standard InChI is InChI=1S/C13H15ClN2O2/c1-2-13-16-10-8-9(5-6-11(10)18-13)15-12(17)4-3-7-14/h5-6,8H,2-4,7H2,1H3,(H,15,17). The second-order valence-corrected chi connectivity index (χ2v) is 4.36. The van der Waals surface area contributed by atoms with Gasteiger partial charge in [-0.1, -0.05) is 6.92 Å². The number of benzene rings is 1. The summed E-state index contributed by atoms with van der Waals surface area (Å²) < 4.78 is 5.50. The Labute approximate surface area is 110 Å². The summed E-state index contributed by atoms with van der Waals surface area (Å²) in [6, 6.07) is 5.45. The Morgan fingerprint density at radius 3 is 3.06 bits per heavy atom. The lowest BCUT2D eigenvalue weighted by Gasteiger charge is -2.03. The lowest BCUT2D eigenvalue weighted by molar-refractivity contribution is -0.116. The number of hydrogen-bond acceptors (Lipinski definition) is 3. The lowest BCUT2D eigenvalue weighted by Crippen LogP contribution is -2.11. The van der Waals surface area contributed by atoms with Gasteiger partial charge in [-0.05, 0) is 24.6 Å². The topological polar surface area (TPSA) is 55.1 Å². The molecule has 0 aliphatic heterocycles. The molecule has 1 N–H and O–H groups in total. The van der Waals surface area contributed by atoms with Gasteiger partial charge in [0.05, 0.1) is 0 Å². The summed E-state index contributed by atoms with van der Waals surface area (Å²) in [6.45, 7) is 1.99. The van der Waals surface area contributed by atoms with Crippen LogP contribution in [0.1, 0.15) is 25.7 Å². The van der Waals surface area contributed by atoms with Gasteiger partial charge in [-0.25, -0.2) is 4.98 Å². The molecule has 1 heterocycles. The molecular formula is C13H15ClN2O2. The zero-order valence-corrected chi connectivity index (χ0v) is 11.0. The van der Waals surface area contributed by atoms with Crippen molar-refractivity contribution >= 4 is 34.3 Å². The maximum Gasteiger partial charge on any atom is 0.224 e. The van der Waals surface area contributed by atoms with Crippen LogP contribution in [0.4, 0.5) is 5.69 Å². The third-order valence-electron chi connectivity index (χ3n) is 2.56. The number of halogens is 1. The van der Waals surface area contributed by atoms with Gasteiger partial charge in [-0.15, -0.1) is 11.6 Å². The number of rotatable bonds is 5. The zero-order chi connectivity index (χ0) is 13.0. The number of oxazole rings is 1. The van der Waals surface area contributed by atoms with Crippen LogP contribution in [0, 0.1) is 0 Å². The molecule has 4 nitrogen and oxygen atoms in total. The molecule has 5 heteroatoms. The minimum atomic E-state index is -0.0331. The summed E-state index contributed by atoms with van der Waals surface area (Å²) in [5.74, 6) is 1.17. The molecule has 0 unspecified atom stereocenters. The number of carbonyl (C=O) groups excluding carboxylic acids is 1. The fourth-order valence-corrected chi connectivity index (χ4v) is 1.79. The van der Waals surface area contributed by atoms with Gasteiger partial charge >= 0.3 is 0 Å². The van der Waals surface area contributed by atoms with Crippen LogP contribution in [0.2, 0.25) is 0 Å². The van der Waals surface area contributed by atoms with E-state index in [-0.39, 0.29) is 5.91 Å². The molecule has 1 amide bonds. The first-order valence-electron chi connectivity index (χ1n) is 5.98. The van der Waals surface area contributed by atoms with Crippen molar-refractivity contribution in [2.45, 2.75) is 26.2 Å². The number of nitrogens with one attached hydrogen (secondary N) is 1. The molecule has 2 rings (SSSR count). The predicted octanol–water partition coefficient (Wildman–Crippen LogP) is 3.35. The normalized spacial score (nSPS) is 10.8. The molecule has 0 aliphatic carbocycles. The summed E-state index contributed by atoms with van der Waals surface area (Å²) in [7, 11) is 0. The SMILES string of the molecule is CCc1nc2cc(NC(=O)CCCCl)ccc2o1. The number of carbonyl (C=O) groups is 1. The molecule has 1 aromatic heterocycles. The summed E-state index contributed by atoms with van der Waals surface area (Å²) in [5, 5.41) is 2.82. The van der Waals surface area contributed by atoms with Crippen LogP contribution in [-0.2, 0) is 11.2 Å². The highest BCUT2D eigenvalue weighted by molar-refractivity contribution is 6.18. The van der Waals surface area contributed by atoms with Gasteiger partial charge in [0, 0.05) is 24.4 Å². The van der Waals surface area contributed by atoms with Gasteiger partial charge in [0.15, 0.2) is 11.5 Å². The van der Waals surface area contributed by atoms with E-state index in [2.05, 4.69) is 10.3 Å². The average Bonchev–Trinajstić information content (AvgIpc) is 2.78. The molecule has 2 aromatic rings. The van der Waals surface area contributed by atoms with Crippen LogP contribution >= 0.6 is 11.6 Å². The van der Waals surface area contributed by atoms with Crippen molar-refractivity contribution in [3.8, 4) is 0 Å². The highest BCUT2D eigenvalue weighted by atomic mass is 35.5. The Bertz CT molecular complexity index is 551. The molecule has 0 bridgehead atoms. The van der Waals surface area contributed by atoms with E-state index in [0.29, 0.717) is 24.6 Å². The van der Waals surface area contributed by atoms with Crippen molar-refractivity contribution < 1.29 is 9.21 Å². The van der Waals surface area contributed by atoms with Crippen LogP contribution in [0.5, 0.6) is 0 Å². The summed E-state index contributed by atoms with van der Waals surface area (Å²) in [6.07, 6.45) is 1.87. The summed E-state index contributed by atoms with van der Waals surface area (Å²) in [4.78, 5) is 15.9. The minimum Gasteiger partial charge on any atom is -0.441 e. The van der Waals surface area contributed by atoms with Crippen molar-refractivity contribution in [3.63, 3.8) is 0 Å². The van der Waals surface area contributed by atoms with Crippen molar-refractivity contribution in [1.82, 2.24) is 4.98 Å². The maximum absolute atomic E-state index is 11.6. The van der Waals surface area contributed by atoms with Gasteiger partial charge < -0.3 is 9.73 Å². The van der Waals surface area contributed by atoms with Gasteiger partial charge in [0.25, 0.3) is 0 Å². The number of amides is 1. The first-order valence-corrected chi connectivity index (χ1v) is 6.51. The number of hydrogen-bond donors (Lipinski definition) is 1. The molecule has 0 atom stereocenters. The Balaban J connectivity index is 2.11. The van der Waals surface area contributed by atoms with Crippen LogP contribution < -0.4 is 5.32 Å². The quantitative estimate of drug-likeness (QED) is 0.845. The van der Waals surface area contributed by atoms with Crippen LogP contribution in [-0.4, -0.2) is 16.8 Å². The number of alkyl halides is 1. The molecule has 0 fully saturated rings. The first-order chi connectivity index (χ1) is 8.72. The van der Waals surface area contributed by atoms with Gasteiger partial charge in [0.1, 0.15) is 5.52 Å². The fraction of sp³-hybridized carbons (Fsp3) is 0.385. The molecule has 0 saturated heterocycles. The zero-order valence-electron chi connectivity index (χ0n) is 10.2. The van der Waals surface area contributed by atoms with E-state index in [1.165, 1.54) is 0 Å². The molecule has 1 aromatic carbocycles. The van der Waals surface area contributed by atoms with Crippen molar-refractivity contribution in [2.24, 2.45) is 0 Å². The molecular weight excluding hydrogens is 252 g/mol. The van der Waals surface area contributed by atoms with Gasteiger partial charge in [-0.2, -0.15) is 0 Å². The Morgan fingerprint density at radius 1 is 1.50 bits per heavy atom. The fourth-order valence-electron chi connectivity index (χ4n) is 1.65. The second-order valence-electron chi connectivity index (χ2n) is 3.98. The average molecular weight is 267 g/mol. The van der Waals surface area contributed by atoms with Crippen molar-refractivity contribution in [2.75, 3.05) is 11.2 Å². The monoisotopic (exact) mass is 266 g/mol. The summed E-state index contributed by atoms with van der Waals surface area (Å²) >= 11 is 5.54. The molecule has 0 aliphatic rings. The number of anilines is 1. The molecule has 0 radical (unpaired) electrons. The van der Waals surface area contributed by atoms with E-state index in [1.807, 2.05) is 25.1 Å². The third-order valence-corrected chi connectivity index (χ3v) is 2.82. The minimum absolute atomic E-state index is 0.0331.